The maximum absolute atomic E-state index is 15.1. The highest BCUT2D eigenvalue weighted by atomic mass is 32.2. The summed E-state index contributed by atoms with van der Waals surface area (Å²) in [4.78, 5) is 0. The summed E-state index contributed by atoms with van der Waals surface area (Å²) in [6.45, 7) is 0.237. The van der Waals surface area contributed by atoms with Crippen molar-refractivity contribution in [2.75, 3.05) is 18.1 Å². The zero-order valence-corrected chi connectivity index (χ0v) is 20.8. The minimum Gasteiger partial charge on any atom is -0.254 e. The van der Waals surface area contributed by atoms with Crippen LogP contribution in [0.1, 0.15) is 42.9 Å². The lowest BCUT2D eigenvalue weighted by Gasteiger charge is -2.27. The molecule has 14 heteroatoms. The third-order valence-electron chi connectivity index (χ3n) is 6.99. The van der Waals surface area contributed by atoms with Gasteiger partial charge in [-0.25, -0.2) is 21.6 Å². The highest BCUT2D eigenvalue weighted by Gasteiger charge is 2.63. The molecule has 1 aliphatic carbocycles. The molecule has 2 aliphatic heterocycles. The van der Waals surface area contributed by atoms with E-state index in [0.717, 1.165) is 18.2 Å². The molecule has 3 aliphatic rings. The maximum atomic E-state index is 15.1. The van der Waals surface area contributed by atoms with Crippen LogP contribution >= 0.6 is 0 Å². The summed E-state index contributed by atoms with van der Waals surface area (Å²) in [6.07, 6.45) is -4.01. The van der Waals surface area contributed by atoms with E-state index in [-0.39, 0.29) is 25.1 Å². The molecule has 39 heavy (non-hydrogen) atoms. The van der Waals surface area contributed by atoms with Crippen molar-refractivity contribution in [1.29, 1.82) is 0 Å². The van der Waals surface area contributed by atoms with Crippen molar-refractivity contribution in [3.05, 3.63) is 71.1 Å². The number of nitrogens with zero attached hydrogens (tertiary/aromatic N) is 3. The van der Waals surface area contributed by atoms with E-state index in [2.05, 4.69) is 5.10 Å². The summed E-state index contributed by atoms with van der Waals surface area (Å²) in [5.74, 6) is -8.65. The number of halogens is 8. The molecule has 0 amide bonds. The highest BCUT2D eigenvalue weighted by molar-refractivity contribution is 7.90. The third kappa shape index (κ3) is 5.04. The number of sulfonamides is 1. The Kier molecular flexibility index (Phi) is 6.77. The summed E-state index contributed by atoms with van der Waals surface area (Å²) >= 11 is 0. The third-order valence-corrected chi connectivity index (χ3v) is 9.35. The minimum atomic E-state index is -6.01. The number of hydrogen-bond acceptors (Lipinski definition) is 4. The standard InChI is InChI=1S/C25H21F8N3O2S/c26-16-2-6-21(20(28)12-16)36-22(13-23(34-36)24(29,30)25(31,32)33)18-11-15(1-5-19(18)27)14-7-9-35(10-8-14)39(37,38)17-3-4-17/h1-2,5-7,11-12,17,22H,3-4,8-10,13H2. The normalized spacial score (nSPS) is 21.2. The molecule has 2 aromatic carbocycles. The molecule has 5 rings (SSSR count). The van der Waals surface area contributed by atoms with Crippen LogP contribution in [0, 0.1) is 17.5 Å². The first-order valence-electron chi connectivity index (χ1n) is 11.9. The molecule has 0 aromatic heterocycles. The van der Waals surface area contributed by atoms with Gasteiger partial charge in [-0.15, -0.1) is 0 Å². The average Bonchev–Trinajstić information content (AvgIpc) is 3.64. The fourth-order valence-corrected chi connectivity index (χ4v) is 6.50. The maximum Gasteiger partial charge on any atom is 0.459 e. The number of benzene rings is 2. The van der Waals surface area contributed by atoms with Gasteiger partial charge in [0.15, 0.2) is 5.82 Å². The quantitative estimate of drug-likeness (QED) is 0.384. The van der Waals surface area contributed by atoms with Crippen LogP contribution in [0.3, 0.4) is 0 Å². The predicted molar refractivity (Wildman–Crippen MR) is 127 cm³/mol. The summed E-state index contributed by atoms with van der Waals surface area (Å²) in [7, 11) is -3.42. The molecule has 1 atom stereocenters. The Hall–Kier alpha value is -3.00. The first kappa shape index (κ1) is 27.6. The van der Waals surface area contributed by atoms with E-state index >= 15 is 4.39 Å². The first-order valence-corrected chi connectivity index (χ1v) is 13.4. The van der Waals surface area contributed by atoms with Gasteiger partial charge in [0.05, 0.1) is 17.0 Å². The molecule has 1 fully saturated rings. The van der Waals surface area contributed by atoms with E-state index in [0.29, 0.717) is 35.1 Å². The molecule has 1 saturated carbocycles. The van der Waals surface area contributed by atoms with Crippen LogP contribution in [-0.2, 0) is 10.0 Å². The predicted octanol–water partition coefficient (Wildman–Crippen LogP) is 6.19. The van der Waals surface area contributed by atoms with E-state index < -0.39 is 68.7 Å². The number of rotatable bonds is 6. The molecule has 1 unspecified atom stereocenters. The van der Waals surface area contributed by atoms with Gasteiger partial charge in [-0.05, 0) is 54.7 Å². The molecule has 0 saturated heterocycles. The average molecular weight is 580 g/mol. The van der Waals surface area contributed by atoms with Crippen molar-refractivity contribution in [2.45, 2.75) is 49.1 Å². The first-order chi connectivity index (χ1) is 18.2. The summed E-state index contributed by atoms with van der Waals surface area (Å²) < 4.78 is 137. The van der Waals surface area contributed by atoms with Gasteiger partial charge >= 0.3 is 12.1 Å². The second kappa shape index (κ2) is 9.58. The number of anilines is 1. The zero-order valence-electron chi connectivity index (χ0n) is 20.0. The lowest BCUT2D eigenvalue weighted by molar-refractivity contribution is -0.249. The Labute approximate surface area is 218 Å². The fraction of sp³-hybridized carbons (Fsp3) is 0.400. The SMILES string of the molecule is O=S(=O)(C1CC1)N1CC=C(c2ccc(F)c(C3CC(C(F)(F)C(F)(F)F)=NN3c3ccc(F)cc3F)c2)CC1. The van der Waals surface area contributed by atoms with Crippen molar-refractivity contribution < 1.29 is 43.5 Å². The Morgan fingerprint density at radius 3 is 2.23 bits per heavy atom. The molecular formula is C25H21F8N3O2S. The van der Waals surface area contributed by atoms with E-state index in [1.807, 2.05) is 0 Å². The molecule has 0 N–H and O–H groups in total. The Morgan fingerprint density at radius 1 is 0.923 bits per heavy atom. The molecule has 210 valence electrons. The van der Waals surface area contributed by atoms with Gasteiger partial charge in [0.1, 0.15) is 17.3 Å². The van der Waals surface area contributed by atoms with E-state index in [1.54, 1.807) is 6.08 Å². The van der Waals surface area contributed by atoms with Gasteiger partial charge in [0.2, 0.25) is 10.0 Å². The van der Waals surface area contributed by atoms with Crippen molar-refractivity contribution in [3.8, 4) is 0 Å². The summed E-state index contributed by atoms with van der Waals surface area (Å²) in [6, 6.07) is 4.00. The van der Waals surface area contributed by atoms with Crippen LogP contribution in [0.2, 0.25) is 0 Å². The molecule has 2 aromatic rings. The van der Waals surface area contributed by atoms with Crippen LogP contribution < -0.4 is 5.01 Å². The molecule has 2 heterocycles. The number of hydrogen-bond donors (Lipinski definition) is 0. The van der Waals surface area contributed by atoms with Gasteiger partial charge in [-0.2, -0.15) is 31.4 Å². The molecule has 0 spiro atoms. The Morgan fingerprint density at radius 2 is 1.64 bits per heavy atom. The largest absolute Gasteiger partial charge is 0.459 e. The van der Waals surface area contributed by atoms with Crippen molar-refractivity contribution >= 4 is 27.0 Å². The van der Waals surface area contributed by atoms with Crippen LogP contribution in [0.4, 0.5) is 40.8 Å². The lowest BCUT2D eigenvalue weighted by atomic mass is 9.93. The van der Waals surface area contributed by atoms with Crippen LogP contribution in [-0.4, -0.2) is 48.9 Å². The lowest BCUT2D eigenvalue weighted by Crippen LogP contribution is -2.43. The second-order valence-corrected chi connectivity index (χ2v) is 11.8. The molecule has 0 radical (unpaired) electrons. The Balaban J connectivity index is 1.51. The van der Waals surface area contributed by atoms with Crippen molar-refractivity contribution in [2.24, 2.45) is 5.10 Å². The second-order valence-electron chi connectivity index (χ2n) is 9.60. The zero-order chi connectivity index (χ0) is 28.3. The van der Waals surface area contributed by atoms with Gasteiger partial charge < -0.3 is 0 Å². The van der Waals surface area contributed by atoms with Gasteiger partial charge in [0.25, 0.3) is 0 Å². The highest BCUT2D eigenvalue weighted by Crippen LogP contribution is 2.46. The van der Waals surface area contributed by atoms with E-state index in [1.165, 1.54) is 16.4 Å². The summed E-state index contributed by atoms with van der Waals surface area (Å²) in [5, 5.41) is 3.46. The van der Waals surface area contributed by atoms with Crippen LogP contribution in [0.5, 0.6) is 0 Å². The van der Waals surface area contributed by atoms with Crippen LogP contribution in [0.15, 0.2) is 47.6 Å². The van der Waals surface area contributed by atoms with Gasteiger partial charge in [-0.3, -0.25) is 5.01 Å². The smallest absolute Gasteiger partial charge is 0.254 e. The van der Waals surface area contributed by atoms with E-state index in [4.69, 9.17) is 0 Å². The topological polar surface area (TPSA) is 53.0 Å². The van der Waals surface area contributed by atoms with E-state index in [9.17, 15) is 39.2 Å². The van der Waals surface area contributed by atoms with Crippen molar-refractivity contribution in [1.82, 2.24) is 4.31 Å². The Bertz CT molecular complexity index is 1470. The van der Waals surface area contributed by atoms with Gasteiger partial charge in [0, 0.05) is 31.1 Å². The monoisotopic (exact) mass is 579 g/mol. The van der Waals surface area contributed by atoms with Gasteiger partial charge in [-0.1, -0.05) is 12.1 Å². The molecule has 5 nitrogen and oxygen atoms in total. The minimum absolute atomic E-state index is 0.0717. The van der Waals surface area contributed by atoms with Crippen LogP contribution in [0.25, 0.3) is 5.57 Å². The molecular weight excluding hydrogens is 558 g/mol. The van der Waals surface area contributed by atoms with Crippen molar-refractivity contribution in [3.63, 3.8) is 0 Å². The summed E-state index contributed by atoms with van der Waals surface area (Å²) in [5.41, 5.74) is -1.58. The number of hydrazone groups is 1. The molecule has 0 bridgehead atoms. The number of alkyl halides is 5. The fourth-order valence-electron chi connectivity index (χ4n) is 4.71.